The lowest BCUT2D eigenvalue weighted by molar-refractivity contribution is -0.137. The van der Waals surface area contributed by atoms with Gasteiger partial charge < -0.3 is 14.3 Å². The lowest BCUT2D eigenvalue weighted by Gasteiger charge is -2.37. The van der Waals surface area contributed by atoms with Crippen molar-refractivity contribution in [1.82, 2.24) is 0 Å². The summed E-state index contributed by atoms with van der Waals surface area (Å²) in [5, 5.41) is 10.4. The van der Waals surface area contributed by atoms with Crippen LogP contribution in [0.3, 0.4) is 0 Å². The minimum absolute atomic E-state index is 0.0615. The number of aliphatic hydroxyl groups excluding tert-OH is 1. The number of rotatable bonds is 7. The van der Waals surface area contributed by atoms with Crippen LogP contribution in [0.2, 0.25) is 19.6 Å². The van der Waals surface area contributed by atoms with Crippen molar-refractivity contribution >= 4 is 22.1 Å². The molecule has 0 aromatic heterocycles. The maximum absolute atomic E-state index is 12.2. The predicted octanol–water partition coefficient (Wildman–Crippen LogP) is 1.86. The first-order valence-corrected chi connectivity index (χ1v) is 12.0. The number of carbonyl (C=O) groups is 1. The molecule has 0 aliphatic heterocycles. The van der Waals surface area contributed by atoms with Crippen molar-refractivity contribution in [3.63, 3.8) is 0 Å². The van der Waals surface area contributed by atoms with Gasteiger partial charge in [0.2, 0.25) is 0 Å². The van der Waals surface area contributed by atoms with Gasteiger partial charge in [0.25, 0.3) is 0 Å². The fraction of sp³-hybridized carbons (Fsp3) is 0.769. The van der Waals surface area contributed by atoms with Gasteiger partial charge in [0.15, 0.2) is 8.32 Å². The highest BCUT2D eigenvalue weighted by molar-refractivity contribution is 7.48. The molecule has 0 amide bonds. The summed E-state index contributed by atoms with van der Waals surface area (Å²) in [5.41, 5.74) is 0.221. The summed E-state index contributed by atoms with van der Waals surface area (Å²) < 4.78 is 37.8. The first-order valence-electron chi connectivity index (χ1n) is 7.10. The van der Waals surface area contributed by atoms with Crippen molar-refractivity contribution in [2.75, 3.05) is 21.3 Å². The molecule has 1 rings (SSSR count). The Hall–Kier alpha value is -0.543. The molecule has 1 aliphatic rings. The van der Waals surface area contributed by atoms with E-state index in [2.05, 4.69) is 4.74 Å². The summed E-state index contributed by atoms with van der Waals surface area (Å²) >= 11 is 0. The minimum atomic E-state index is -3.82. The second-order valence-corrected chi connectivity index (χ2v) is 12.3. The molecule has 0 heterocycles. The normalized spacial score (nSPS) is 25.9. The van der Waals surface area contributed by atoms with Gasteiger partial charge in [-0.25, -0.2) is 9.36 Å². The van der Waals surface area contributed by atoms with E-state index in [4.69, 9.17) is 18.0 Å². The predicted molar refractivity (Wildman–Crippen MR) is 85.4 cm³/mol. The number of carbonyl (C=O) groups excluding carboxylic acids is 1. The monoisotopic (exact) mass is 368 g/mol. The molecule has 0 bridgehead atoms. The average Bonchev–Trinajstić information content (AvgIpc) is 2.48. The van der Waals surface area contributed by atoms with E-state index in [1.807, 2.05) is 19.6 Å². The van der Waals surface area contributed by atoms with Gasteiger partial charge in [0.1, 0.15) is 12.2 Å². The quantitative estimate of drug-likeness (QED) is 0.413. The molecule has 0 aromatic carbocycles. The Morgan fingerprint density at radius 1 is 1.26 bits per heavy atom. The number of phosphoric ester groups is 1. The van der Waals surface area contributed by atoms with Gasteiger partial charge in [-0.2, -0.15) is 0 Å². The van der Waals surface area contributed by atoms with E-state index in [9.17, 15) is 14.5 Å². The van der Waals surface area contributed by atoms with Crippen LogP contribution in [0.4, 0.5) is 0 Å². The fourth-order valence-electron chi connectivity index (χ4n) is 2.16. The zero-order valence-corrected chi connectivity index (χ0v) is 16.2. The third-order valence-corrected chi connectivity index (χ3v) is 5.51. The number of methoxy groups -OCH3 is 1. The molecule has 0 saturated heterocycles. The molecule has 134 valence electrons. The van der Waals surface area contributed by atoms with Crippen LogP contribution in [0.25, 0.3) is 0 Å². The first-order chi connectivity index (χ1) is 10.5. The Morgan fingerprint density at radius 2 is 1.83 bits per heavy atom. The van der Waals surface area contributed by atoms with Crippen molar-refractivity contribution in [2.24, 2.45) is 0 Å². The Balaban J connectivity index is 3.15. The largest absolute Gasteiger partial charge is 0.474 e. The van der Waals surface area contributed by atoms with Gasteiger partial charge in [0.05, 0.1) is 13.2 Å². The molecular formula is C13H25O8PSi. The maximum atomic E-state index is 12.2. The van der Waals surface area contributed by atoms with Crippen LogP contribution in [0.15, 0.2) is 11.6 Å². The highest BCUT2D eigenvalue weighted by Crippen LogP contribution is 2.50. The molecule has 10 heteroatoms. The number of hydrogen-bond acceptors (Lipinski definition) is 8. The SMILES string of the molecule is COC(=O)C1=CC(OP(=O)(OC)OC)C(O[Si](C)(C)C)C(O)C1. The molecule has 0 aromatic rings. The van der Waals surface area contributed by atoms with Crippen molar-refractivity contribution in [3.8, 4) is 0 Å². The lowest BCUT2D eigenvalue weighted by atomic mass is 9.92. The smallest absolute Gasteiger partial charge is 0.466 e. The van der Waals surface area contributed by atoms with Crippen molar-refractivity contribution in [1.29, 1.82) is 0 Å². The molecular weight excluding hydrogens is 343 g/mol. The molecule has 0 saturated carbocycles. The topological polar surface area (TPSA) is 101 Å². The first kappa shape index (κ1) is 20.5. The van der Waals surface area contributed by atoms with Crippen molar-refractivity contribution in [2.45, 2.75) is 44.4 Å². The van der Waals surface area contributed by atoms with Crippen LogP contribution in [-0.2, 0) is 32.1 Å². The fourth-order valence-corrected chi connectivity index (χ4v) is 4.07. The van der Waals surface area contributed by atoms with Crippen LogP contribution < -0.4 is 0 Å². The number of aliphatic hydroxyl groups is 1. The van der Waals surface area contributed by atoms with Gasteiger partial charge in [-0.3, -0.25) is 13.6 Å². The van der Waals surface area contributed by atoms with Gasteiger partial charge in [-0.1, -0.05) is 0 Å². The van der Waals surface area contributed by atoms with E-state index in [1.54, 1.807) is 0 Å². The zero-order chi connectivity index (χ0) is 17.8. The number of ether oxygens (including phenoxy) is 1. The Morgan fingerprint density at radius 3 is 2.26 bits per heavy atom. The summed E-state index contributed by atoms with van der Waals surface area (Å²) in [7, 11) is -2.25. The summed E-state index contributed by atoms with van der Waals surface area (Å²) in [6.07, 6.45) is -1.26. The van der Waals surface area contributed by atoms with E-state index in [0.29, 0.717) is 0 Å². The molecule has 8 nitrogen and oxygen atoms in total. The highest BCUT2D eigenvalue weighted by atomic mass is 31.2. The van der Waals surface area contributed by atoms with E-state index in [-0.39, 0.29) is 12.0 Å². The van der Waals surface area contributed by atoms with E-state index in [1.165, 1.54) is 27.4 Å². The molecule has 1 N–H and O–H groups in total. The van der Waals surface area contributed by atoms with Crippen molar-refractivity contribution in [3.05, 3.63) is 11.6 Å². The van der Waals surface area contributed by atoms with Crippen LogP contribution in [0.1, 0.15) is 6.42 Å². The molecule has 0 fully saturated rings. The van der Waals surface area contributed by atoms with E-state index < -0.39 is 40.4 Å². The lowest BCUT2D eigenvalue weighted by Crippen LogP contribution is -2.49. The maximum Gasteiger partial charge on any atom is 0.474 e. The molecule has 3 unspecified atom stereocenters. The Bertz CT molecular complexity index is 493. The Labute approximate surface area is 137 Å². The molecule has 0 radical (unpaired) electrons. The number of hydrogen-bond donors (Lipinski definition) is 1. The van der Waals surface area contributed by atoms with Crippen LogP contribution in [0, 0.1) is 0 Å². The van der Waals surface area contributed by atoms with Crippen molar-refractivity contribution < 1.29 is 37.2 Å². The third-order valence-electron chi connectivity index (χ3n) is 3.13. The third kappa shape index (κ3) is 5.79. The van der Waals surface area contributed by atoms with Crippen LogP contribution in [0.5, 0.6) is 0 Å². The van der Waals surface area contributed by atoms with Gasteiger partial charge >= 0.3 is 13.8 Å². The molecule has 1 aliphatic carbocycles. The second-order valence-electron chi connectivity index (χ2n) is 6.03. The summed E-state index contributed by atoms with van der Waals surface area (Å²) in [5.74, 6) is -0.589. The zero-order valence-electron chi connectivity index (χ0n) is 14.3. The average molecular weight is 368 g/mol. The van der Waals surface area contributed by atoms with Crippen LogP contribution in [-0.4, -0.2) is 59.0 Å². The molecule has 0 spiro atoms. The van der Waals surface area contributed by atoms with E-state index in [0.717, 1.165) is 0 Å². The summed E-state index contributed by atoms with van der Waals surface area (Å²) in [4.78, 5) is 11.7. The summed E-state index contributed by atoms with van der Waals surface area (Å²) in [6, 6.07) is 0. The molecule has 3 atom stereocenters. The number of phosphoric acid groups is 1. The summed E-state index contributed by atoms with van der Waals surface area (Å²) in [6.45, 7) is 5.84. The van der Waals surface area contributed by atoms with Gasteiger partial charge in [0, 0.05) is 26.2 Å². The number of esters is 1. The Kier molecular flexibility index (Phi) is 7.15. The highest BCUT2D eigenvalue weighted by Gasteiger charge is 2.42. The standard InChI is InChI=1S/C13H25O8PSi/c1-17-13(15)9-7-10(14)12(21-23(4,5)6)11(8-9)20-22(16,18-2)19-3/h8,10-12,14H,7H2,1-6H3. The molecule has 23 heavy (non-hydrogen) atoms. The van der Waals surface area contributed by atoms with Gasteiger partial charge in [-0.05, 0) is 25.7 Å². The van der Waals surface area contributed by atoms with E-state index >= 15 is 0 Å². The minimum Gasteiger partial charge on any atom is -0.466 e. The second kappa shape index (κ2) is 8.02. The van der Waals surface area contributed by atoms with Crippen LogP contribution >= 0.6 is 7.82 Å². The van der Waals surface area contributed by atoms with Gasteiger partial charge in [-0.15, -0.1) is 0 Å².